The minimum atomic E-state index is 0.363. The van der Waals surface area contributed by atoms with Gasteiger partial charge in [0.2, 0.25) is 0 Å². The summed E-state index contributed by atoms with van der Waals surface area (Å²) in [5.41, 5.74) is 9.58. The molecule has 0 amide bonds. The molecule has 2 heteroatoms. The number of aryl methyl sites for hydroxylation is 1. The lowest BCUT2D eigenvalue weighted by atomic mass is 9.75. The molecule has 0 saturated carbocycles. The molecule has 1 aliphatic carbocycles. The van der Waals surface area contributed by atoms with Crippen LogP contribution in [0.4, 0.5) is 0 Å². The van der Waals surface area contributed by atoms with E-state index in [0.717, 1.165) is 26.1 Å². The van der Waals surface area contributed by atoms with Gasteiger partial charge < -0.3 is 10.5 Å². The van der Waals surface area contributed by atoms with Crippen molar-refractivity contribution in [1.82, 2.24) is 0 Å². The predicted molar refractivity (Wildman–Crippen MR) is 73.5 cm³/mol. The van der Waals surface area contributed by atoms with Gasteiger partial charge in [-0.15, -0.1) is 0 Å². The molecule has 2 nitrogen and oxygen atoms in total. The molecule has 3 rings (SSSR count). The molecule has 0 spiro atoms. The van der Waals surface area contributed by atoms with E-state index in [4.69, 9.17) is 10.5 Å². The van der Waals surface area contributed by atoms with Crippen molar-refractivity contribution in [2.75, 3.05) is 13.2 Å². The first-order valence-electron chi connectivity index (χ1n) is 7.24. The third kappa shape index (κ3) is 2.45. The van der Waals surface area contributed by atoms with Gasteiger partial charge in [-0.3, -0.25) is 0 Å². The van der Waals surface area contributed by atoms with Crippen LogP contribution in [0.3, 0.4) is 0 Å². The number of benzene rings is 1. The standard InChI is InChI=1S/C16H23NO/c17-16(13-7-9-18-10-8-13)15-6-5-12-3-1-2-4-14(12)11-15/h1-4,13,15-16H,5-11,17H2. The van der Waals surface area contributed by atoms with Crippen LogP contribution in [-0.4, -0.2) is 19.3 Å². The van der Waals surface area contributed by atoms with E-state index in [-0.39, 0.29) is 0 Å². The van der Waals surface area contributed by atoms with Crippen LogP contribution >= 0.6 is 0 Å². The second kappa shape index (κ2) is 5.41. The number of ether oxygens (including phenoxy) is 1. The first-order chi connectivity index (χ1) is 8.84. The van der Waals surface area contributed by atoms with E-state index >= 15 is 0 Å². The van der Waals surface area contributed by atoms with E-state index in [0.29, 0.717) is 17.9 Å². The molecule has 2 aliphatic rings. The number of fused-ring (bicyclic) bond motifs is 1. The second-order valence-electron chi connectivity index (χ2n) is 5.80. The third-order valence-corrected chi connectivity index (χ3v) is 4.74. The Labute approximate surface area is 110 Å². The molecule has 1 heterocycles. The zero-order valence-electron chi connectivity index (χ0n) is 11.0. The van der Waals surface area contributed by atoms with Crippen molar-refractivity contribution in [1.29, 1.82) is 0 Å². The highest BCUT2D eigenvalue weighted by Gasteiger charge is 2.30. The fraction of sp³-hybridized carbons (Fsp3) is 0.625. The number of rotatable bonds is 2. The molecular formula is C16H23NO. The van der Waals surface area contributed by atoms with Crippen molar-refractivity contribution in [2.45, 2.75) is 38.1 Å². The quantitative estimate of drug-likeness (QED) is 0.869. The van der Waals surface area contributed by atoms with E-state index < -0.39 is 0 Å². The molecule has 0 aromatic heterocycles. The van der Waals surface area contributed by atoms with Gasteiger partial charge in [-0.1, -0.05) is 24.3 Å². The maximum absolute atomic E-state index is 6.52. The molecule has 2 N–H and O–H groups in total. The van der Waals surface area contributed by atoms with Crippen molar-refractivity contribution in [3.05, 3.63) is 35.4 Å². The zero-order valence-corrected chi connectivity index (χ0v) is 11.0. The topological polar surface area (TPSA) is 35.2 Å². The highest BCUT2D eigenvalue weighted by atomic mass is 16.5. The maximum Gasteiger partial charge on any atom is 0.0469 e. The van der Waals surface area contributed by atoms with E-state index in [1.54, 1.807) is 0 Å². The molecule has 1 aromatic carbocycles. The van der Waals surface area contributed by atoms with Crippen molar-refractivity contribution >= 4 is 0 Å². The lowest BCUT2D eigenvalue weighted by Crippen LogP contribution is -2.42. The Morgan fingerprint density at radius 3 is 2.50 bits per heavy atom. The summed E-state index contributed by atoms with van der Waals surface area (Å²) in [6, 6.07) is 9.21. The normalized spacial score (nSPS) is 26.6. The maximum atomic E-state index is 6.52. The number of hydrogen-bond donors (Lipinski definition) is 1. The summed E-state index contributed by atoms with van der Waals surface area (Å²) in [5.74, 6) is 1.34. The lowest BCUT2D eigenvalue weighted by molar-refractivity contribution is 0.0498. The van der Waals surface area contributed by atoms with Crippen LogP contribution in [0.25, 0.3) is 0 Å². The smallest absolute Gasteiger partial charge is 0.0469 e. The average Bonchev–Trinajstić information content (AvgIpc) is 2.47. The average molecular weight is 245 g/mol. The second-order valence-corrected chi connectivity index (χ2v) is 5.80. The molecule has 1 aliphatic heterocycles. The third-order valence-electron chi connectivity index (χ3n) is 4.74. The summed E-state index contributed by atoms with van der Waals surface area (Å²) in [5, 5.41) is 0. The summed E-state index contributed by atoms with van der Waals surface area (Å²) in [7, 11) is 0. The van der Waals surface area contributed by atoms with Gasteiger partial charge in [0.1, 0.15) is 0 Å². The van der Waals surface area contributed by atoms with E-state index in [2.05, 4.69) is 24.3 Å². The van der Waals surface area contributed by atoms with Gasteiger partial charge in [-0.2, -0.15) is 0 Å². The summed E-state index contributed by atoms with van der Waals surface area (Å²) in [4.78, 5) is 0. The summed E-state index contributed by atoms with van der Waals surface area (Å²) < 4.78 is 5.44. The van der Waals surface area contributed by atoms with Crippen molar-refractivity contribution in [3.63, 3.8) is 0 Å². The molecule has 98 valence electrons. The van der Waals surface area contributed by atoms with Crippen LogP contribution in [0.1, 0.15) is 30.4 Å². The molecule has 1 aromatic rings. The molecule has 18 heavy (non-hydrogen) atoms. The van der Waals surface area contributed by atoms with Gasteiger partial charge in [-0.25, -0.2) is 0 Å². The van der Waals surface area contributed by atoms with Gasteiger partial charge in [0.15, 0.2) is 0 Å². The van der Waals surface area contributed by atoms with Gasteiger partial charge in [-0.05, 0) is 55.1 Å². The Morgan fingerprint density at radius 1 is 1.00 bits per heavy atom. The van der Waals surface area contributed by atoms with Gasteiger partial charge in [0, 0.05) is 19.3 Å². The summed E-state index contributed by atoms with van der Waals surface area (Å²) >= 11 is 0. The van der Waals surface area contributed by atoms with Crippen LogP contribution < -0.4 is 5.73 Å². The zero-order chi connectivity index (χ0) is 12.4. The van der Waals surface area contributed by atoms with Crippen molar-refractivity contribution < 1.29 is 4.74 Å². The van der Waals surface area contributed by atoms with Gasteiger partial charge in [0.25, 0.3) is 0 Å². The molecule has 1 saturated heterocycles. The summed E-state index contributed by atoms with van der Waals surface area (Å²) in [6.45, 7) is 1.81. The molecule has 2 atom stereocenters. The Morgan fingerprint density at radius 2 is 1.72 bits per heavy atom. The number of hydrogen-bond acceptors (Lipinski definition) is 2. The SMILES string of the molecule is NC(C1CCOCC1)C1CCc2ccccc2C1. The minimum absolute atomic E-state index is 0.363. The van der Waals surface area contributed by atoms with E-state index in [9.17, 15) is 0 Å². The van der Waals surface area contributed by atoms with E-state index in [1.807, 2.05) is 0 Å². The molecule has 2 unspecified atom stereocenters. The molecule has 0 bridgehead atoms. The Balaban J connectivity index is 1.67. The Kier molecular flexibility index (Phi) is 3.67. The van der Waals surface area contributed by atoms with Gasteiger partial charge >= 0.3 is 0 Å². The Hall–Kier alpha value is -0.860. The van der Waals surface area contributed by atoms with Crippen molar-refractivity contribution in [3.8, 4) is 0 Å². The predicted octanol–water partition coefficient (Wildman–Crippen LogP) is 2.55. The lowest BCUT2D eigenvalue weighted by Gasteiger charge is -2.36. The fourth-order valence-corrected chi connectivity index (χ4v) is 3.54. The first-order valence-corrected chi connectivity index (χ1v) is 7.24. The summed E-state index contributed by atoms with van der Waals surface area (Å²) in [6.07, 6.45) is 5.95. The highest BCUT2D eigenvalue weighted by Crippen LogP contribution is 2.31. The number of nitrogens with two attached hydrogens (primary N) is 1. The first kappa shape index (κ1) is 12.2. The minimum Gasteiger partial charge on any atom is -0.381 e. The Bertz CT molecular complexity index is 398. The highest BCUT2D eigenvalue weighted by molar-refractivity contribution is 5.30. The van der Waals surface area contributed by atoms with Gasteiger partial charge in [0.05, 0.1) is 0 Å². The van der Waals surface area contributed by atoms with Crippen LogP contribution in [0, 0.1) is 11.8 Å². The molecule has 1 fully saturated rings. The van der Waals surface area contributed by atoms with Crippen LogP contribution in [-0.2, 0) is 17.6 Å². The largest absolute Gasteiger partial charge is 0.381 e. The molecule has 0 radical (unpaired) electrons. The monoisotopic (exact) mass is 245 g/mol. The van der Waals surface area contributed by atoms with Crippen LogP contribution in [0.15, 0.2) is 24.3 Å². The fourth-order valence-electron chi connectivity index (χ4n) is 3.54. The molecular weight excluding hydrogens is 222 g/mol. The van der Waals surface area contributed by atoms with E-state index in [1.165, 1.54) is 30.4 Å². The van der Waals surface area contributed by atoms with Crippen molar-refractivity contribution in [2.24, 2.45) is 17.6 Å². The van der Waals surface area contributed by atoms with Crippen LogP contribution in [0.2, 0.25) is 0 Å². The van der Waals surface area contributed by atoms with Crippen LogP contribution in [0.5, 0.6) is 0 Å².